The number of rotatable bonds is 5. The molecule has 2 heterocycles. The van der Waals surface area contributed by atoms with Crippen molar-refractivity contribution in [1.29, 1.82) is 0 Å². The Balaban J connectivity index is 2.12. The molecule has 0 bridgehead atoms. The van der Waals surface area contributed by atoms with Crippen molar-refractivity contribution in [3.63, 3.8) is 0 Å². The summed E-state index contributed by atoms with van der Waals surface area (Å²) in [6, 6.07) is 3.64. The van der Waals surface area contributed by atoms with E-state index >= 15 is 0 Å². The number of carbonyl (C=O) groups excluding carboxylic acids is 1. The number of thiazole rings is 1. The third-order valence-corrected chi connectivity index (χ3v) is 4.25. The van der Waals surface area contributed by atoms with Crippen LogP contribution in [0.15, 0.2) is 23.7 Å². The van der Waals surface area contributed by atoms with Crippen molar-refractivity contribution in [2.75, 3.05) is 4.90 Å². The lowest BCUT2D eigenvalue weighted by atomic mass is 10.3. The van der Waals surface area contributed by atoms with Crippen LogP contribution in [0.2, 0.25) is 0 Å². The quantitative estimate of drug-likeness (QED) is 0.919. The van der Waals surface area contributed by atoms with Crippen LogP contribution >= 0.6 is 22.7 Å². The lowest BCUT2D eigenvalue weighted by Crippen LogP contribution is -2.27. The van der Waals surface area contributed by atoms with Crippen LogP contribution in [0.3, 0.4) is 0 Å². The maximum Gasteiger partial charge on any atom is 0.308 e. The Kier molecular flexibility index (Phi) is 4.28. The molecule has 0 aliphatic carbocycles. The van der Waals surface area contributed by atoms with Crippen molar-refractivity contribution in [2.24, 2.45) is 0 Å². The summed E-state index contributed by atoms with van der Waals surface area (Å²) in [4.78, 5) is 29.7. The molecule has 0 unspecified atom stereocenters. The second kappa shape index (κ2) is 5.94. The summed E-state index contributed by atoms with van der Waals surface area (Å²) >= 11 is 2.81. The summed E-state index contributed by atoms with van der Waals surface area (Å²) in [6.07, 6.45) is 1.67. The van der Waals surface area contributed by atoms with Gasteiger partial charge in [0.15, 0.2) is 5.13 Å². The van der Waals surface area contributed by atoms with Crippen molar-refractivity contribution in [2.45, 2.75) is 19.9 Å². The van der Waals surface area contributed by atoms with Crippen molar-refractivity contribution in [3.05, 3.63) is 33.5 Å². The molecular weight excluding hydrogens is 284 g/mol. The topological polar surface area (TPSA) is 70.5 Å². The highest BCUT2D eigenvalue weighted by atomic mass is 32.1. The molecule has 0 atom stereocenters. The molecule has 0 fully saturated rings. The molecule has 7 heteroatoms. The normalized spacial score (nSPS) is 10.4. The van der Waals surface area contributed by atoms with Crippen molar-refractivity contribution >= 4 is 39.7 Å². The first kappa shape index (κ1) is 13.7. The second-order valence-corrected chi connectivity index (χ2v) is 5.98. The standard InChI is InChI=1S/C12H12N2O3S2/c1-8(15)14(12-13-4-5-18-12)7-10-3-2-9(19-10)6-11(16)17/h2-5H,6-7H2,1H3,(H,16,17). The van der Waals surface area contributed by atoms with Gasteiger partial charge in [-0.3, -0.25) is 14.5 Å². The molecule has 0 saturated heterocycles. The van der Waals surface area contributed by atoms with E-state index in [0.717, 1.165) is 9.75 Å². The number of hydrogen-bond donors (Lipinski definition) is 1. The summed E-state index contributed by atoms with van der Waals surface area (Å²) < 4.78 is 0. The van der Waals surface area contributed by atoms with Gasteiger partial charge in [0, 0.05) is 28.3 Å². The number of carboxylic acids is 1. The molecule has 19 heavy (non-hydrogen) atoms. The van der Waals surface area contributed by atoms with Gasteiger partial charge in [-0.15, -0.1) is 22.7 Å². The molecule has 2 aromatic rings. The molecule has 1 N–H and O–H groups in total. The highest BCUT2D eigenvalue weighted by Gasteiger charge is 2.15. The van der Waals surface area contributed by atoms with Crippen molar-refractivity contribution in [3.8, 4) is 0 Å². The van der Waals surface area contributed by atoms with E-state index in [1.54, 1.807) is 17.2 Å². The average Bonchev–Trinajstić information content (AvgIpc) is 2.95. The molecule has 100 valence electrons. The van der Waals surface area contributed by atoms with Gasteiger partial charge in [0.2, 0.25) is 5.91 Å². The predicted molar refractivity (Wildman–Crippen MR) is 74.6 cm³/mol. The van der Waals surface area contributed by atoms with Gasteiger partial charge in [-0.2, -0.15) is 0 Å². The number of aliphatic carboxylic acids is 1. The molecule has 1 amide bonds. The van der Waals surface area contributed by atoms with E-state index in [9.17, 15) is 9.59 Å². The predicted octanol–water partition coefficient (Wildman–Crippen LogP) is 2.38. The Hall–Kier alpha value is -1.73. The van der Waals surface area contributed by atoms with Gasteiger partial charge in [0.05, 0.1) is 13.0 Å². The van der Waals surface area contributed by atoms with Crippen LogP contribution in [0, 0.1) is 0 Å². The van der Waals surface area contributed by atoms with Crippen LogP contribution in [0.25, 0.3) is 0 Å². The van der Waals surface area contributed by atoms with Crippen molar-refractivity contribution in [1.82, 2.24) is 4.98 Å². The van der Waals surface area contributed by atoms with Gasteiger partial charge in [-0.1, -0.05) is 0 Å². The lowest BCUT2D eigenvalue weighted by molar-refractivity contribution is -0.136. The number of carbonyl (C=O) groups is 2. The monoisotopic (exact) mass is 296 g/mol. The van der Waals surface area contributed by atoms with E-state index in [-0.39, 0.29) is 12.3 Å². The Morgan fingerprint density at radius 3 is 2.68 bits per heavy atom. The zero-order valence-corrected chi connectivity index (χ0v) is 11.8. The zero-order chi connectivity index (χ0) is 13.8. The fraction of sp³-hybridized carbons (Fsp3) is 0.250. The maximum atomic E-state index is 11.6. The largest absolute Gasteiger partial charge is 0.481 e. The zero-order valence-electron chi connectivity index (χ0n) is 10.2. The molecule has 0 saturated carbocycles. The highest BCUT2D eigenvalue weighted by molar-refractivity contribution is 7.14. The van der Waals surface area contributed by atoms with E-state index in [4.69, 9.17) is 5.11 Å². The lowest BCUT2D eigenvalue weighted by Gasteiger charge is -2.16. The van der Waals surface area contributed by atoms with Gasteiger partial charge >= 0.3 is 5.97 Å². The Morgan fingerprint density at radius 1 is 1.37 bits per heavy atom. The third-order valence-electron chi connectivity index (χ3n) is 2.39. The average molecular weight is 296 g/mol. The van der Waals surface area contributed by atoms with Crippen LogP contribution < -0.4 is 4.90 Å². The fourth-order valence-electron chi connectivity index (χ4n) is 1.57. The fourth-order valence-corrected chi connectivity index (χ4v) is 3.25. The van der Waals surface area contributed by atoms with Crippen molar-refractivity contribution < 1.29 is 14.7 Å². The number of thiophene rings is 1. The van der Waals surface area contributed by atoms with E-state index in [2.05, 4.69) is 4.98 Å². The van der Waals surface area contributed by atoms with Crippen LogP contribution in [-0.4, -0.2) is 22.0 Å². The smallest absolute Gasteiger partial charge is 0.308 e. The van der Waals surface area contributed by atoms with Crippen LogP contribution in [0.4, 0.5) is 5.13 Å². The van der Waals surface area contributed by atoms with Crippen LogP contribution in [0.5, 0.6) is 0 Å². The number of aromatic nitrogens is 1. The summed E-state index contributed by atoms with van der Waals surface area (Å²) in [7, 11) is 0. The summed E-state index contributed by atoms with van der Waals surface area (Å²) in [6.45, 7) is 1.92. The molecule has 0 radical (unpaired) electrons. The van der Waals surface area contributed by atoms with E-state index in [1.165, 1.54) is 29.6 Å². The molecule has 2 rings (SSSR count). The molecule has 2 aromatic heterocycles. The molecule has 0 spiro atoms. The Labute approximate surface area is 118 Å². The summed E-state index contributed by atoms with van der Waals surface area (Å²) in [5, 5.41) is 11.2. The molecule has 0 aliphatic rings. The summed E-state index contributed by atoms with van der Waals surface area (Å²) in [5.74, 6) is -0.931. The van der Waals surface area contributed by atoms with Gasteiger partial charge in [-0.25, -0.2) is 4.98 Å². The SMILES string of the molecule is CC(=O)N(Cc1ccc(CC(=O)O)s1)c1nccs1. The van der Waals surface area contributed by atoms with Crippen LogP contribution in [-0.2, 0) is 22.6 Å². The van der Waals surface area contributed by atoms with Gasteiger partial charge in [0.25, 0.3) is 0 Å². The highest BCUT2D eigenvalue weighted by Crippen LogP contribution is 2.24. The molecule has 5 nitrogen and oxygen atoms in total. The first-order valence-electron chi connectivity index (χ1n) is 5.53. The molecule has 0 aromatic carbocycles. The molecule has 0 aliphatic heterocycles. The Bertz CT molecular complexity index is 578. The number of amides is 1. The summed E-state index contributed by atoms with van der Waals surface area (Å²) in [5.41, 5.74) is 0. The van der Waals surface area contributed by atoms with E-state index in [1.807, 2.05) is 11.4 Å². The second-order valence-electron chi connectivity index (χ2n) is 3.86. The van der Waals surface area contributed by atoms with Gasteiger partial charge in [-0.05, 0) is 12.1 Å². The number of hydrogen-bond acceptors (Lipinski definition) is 5. The van der Waals surface area contributed by atoms with Crippen LogP contribution in [0.1, 0.15) is 16.7 Å². The van der Waals surface area contributed by atoms with Gasteiger partial charge in [0.1, 0.15) is 0 Å². The maximum absolute atomic E-state index is 11.6. The first-order valence-corrected chi connectivity index (χ1v) is 7.23. The van der Waals surface area contributed by atoms with E-state index < -0.39 is 5.97 Å². The Morgan fingerprint density at radius 2 is 2.11 bits per heavy atom. The minimum Gasteiger partial charge on any atom is -0.481 e. The van der Waals surface area contributed by atoms with E-state index in [0.29, 0.717) is 11.7 Å². The minimum atomic E-state index is -0.850. The minimum absolute atomic E-state index is 0.0159. The number of nitrogens with zero attached hydrogens (tertiary/aromatic N) is 2. The first-order chi connectivity index (χ1) is 9.06. The molecular formula is C12H12N2O3S2. The number of carboxylic acid groups (broad SMARTS) is 1. The number of anilines is 1. The third kappa shape index (κ3) is 3.62. The van der Waals surface area contributed by atoms with Gasteiger partial charge < -0.3 is 5.11 Å².